The fourth-order valence-electron chi connectivity index (χ4n) is 2.17. The normalized spacial score (nSPS) is 12.5. The zero-order valence-corrected chi connectivity index (χ0v) is 14.1. The molecule has 2 aromatic rings. The summed E-state index contributed by atoms with van der Waals surface area (Å²) < 4.78 is 38.4. The average molecular weight is 388 g/mol. The van der Waals surface area contributed by atoms with Gasteiger partial charge in [-0.2, -0.15) is 13.2 Å². The van der Waals surface area contributed by atoms with E-state index in [1.54, 1.807) is 0 Å². The summed E-state index contributed by atoms with van der Waals surface area (Å²) in [5.41, 5.74) is -0.111. The third-order valence-electron chi connectivity index (χ3n) is 3.30. The van der Waals surface area contributed by atoms with E-state index >= 15 is 0 Å². The van der Waals surface area contributed by atoms with Crippen LogP contribution in [-0.2, 0) is 11.0 Å². The molecule has 0 saturated heterocycles. The van der Waals surface area contributed by atoms with Gasteiger partial charge in [0.05, 0.1) is 12.5 Å². The van der Waals surface area contributed by atoms with Crippen molar-refractivity contribution >= 4 is 23.5 Å². The zero-order valence-electron chi connectivity index (χ0n) is 13.3. The number of rotatable bonds is 5. The number of nitrogens with zero attached hydrogens (tertiary/aromatic N) is 2. The van der Waals surface area contributed by atoms with Gasteiger partial charge in [0, 0.05) is 10.7 Å². The molecule has 1 amide bonds. The molecule has 0 unspecified atom stereocenters. The number of carboxylic acid groups (broad SMARTS) is 1. The minimum atomic E-state index is -4.81. The molecule has 10 heteroatoms. The summed E-state index contributed by atoms with van der Waals surface area (Å²) in [4.78, 5) is 29.9. The van der Waals surface area contributed by atoms with Crippen LogP contribution in [0.1, 0.15) is 40.0 Å². The van der Waals surface area contributed by atoms with E-state index in [1.807, 2.05) is 0 Å². The Bertz CT molecular complexity index is 826. The first-order chi connectivity index (χ1) is 12.1. The van der Waals surface area contributed by atoms with Crippen LogP contribution < -0.4 is 5.32 Å². The van der Waals surface area contributed by atoms with Crippen molar-refractivity contribution in [2.45, 2.75) is 25.6 Å². The SMILES string of the molecule is Cc1cc(C(=O)N[C@@H](CC(=O)O)c2ccc(Cl)cc2)nc(C(F)(F)F)n1. The average Bonchev–Trinajstić information content (AvgIpc) is 2.53. The highest BCUT2D eigenvalue weighted by atomic mass is 35.5. The van der Waals surface area contributed by atoms with Crippen molar-refractivity contribution in [3.63, 3.8) is 0 Å². The van der Waals surface area contributed by atoms with Gasteiger partial charge >= 0.3 is 12.1 Å². The molecule has 0 spiro atoms. The van der Waals surface area contributed by atoms with E-state index in [4.69, 9.17) is 16.7 Å². The number of hydrogen-bond donors (Lipinski definition) is 2. The molecular formula is C16H13ClF3N3O3. The first-order valence-electron chi connectivity index (χ1n) is 7.27. The summed E-state index contributed by atoms with van der Waals surface area (Å²) in [7, 11) is 0. The lowest BCUT2D eigenvalue weighted by atomic mass is 10.0. The van der Waals surface area contributed by atoms with E-state index in [0.29, 0.717) is 10.6 Å². The number of aryl methyl sites for hydroxylation is 1. The van der Waals surface area contributed by atoms with Gasteiger partial charge in [-0.3, -0.25) is 9.59 Å². The first-order valence-corrected chi connectivity index (χ1v) is 7.65. The fraction of sp³-hybridized carbons (Fsp3) is 0.250. The Morgan fingerprint density at radius 2 is 1.85 bits per heavy atom. The lowest BCUT2D eigenvalue weighted by Crippen LogP contribution is -2.31. The third-order valence-corrected chi connectivity index (χ3v) is 3.55. The number of aromatic nitrogens is 2. The summed E-state index contributed by atoms with van der Waals surface area (Å²) in [6.07, 6.45) is -5.28. The van der Waals surface area contributed by atoms with Crippen LogP contribution >= 0.6 is 11.6 Å². The molecule has 2 rings (SSSR count). The summed E-state index contributed by atoms with van der Waals surface area (Å²) >= 11 is 5.77. The van der Waals surface area contributed by atoms with Crippen molar-refractivity contribution in [1.29, 1.82) is 0 Å². The van der Waals surface area contributed by atoms with Crippen LogP contribution in [0.15, 0.2) is 30.3 Å². The second-order valence-electron chi connectivity index (χ2n) is 5.39. The first kappa shape index (κ1) is 19.6. The molecule has 1 atom stereocenters. The van der Waals surface area contributed by atoms with Crippen LogP contribution in [0.25, 0.3) is 0 Å². The molecule has 0 saturated carbocycles. The predicted octanol–water partition coefficient (Wildman–Crippen LogP) is 3.40. The van der Waals surface area contributed by atoms with Crippen molar-refractivity contribution in [3.8, 4) is 0 Å². The van der Waals surface area contributed by atoms with E-state index < -0.39 is 42.0 Å². The van der Waals surface area contributed by atoms with Gasteiger partial charge in [0.25, 0.3) is 5.91 Å². The number of amides is 1. The van der Waals surface area contributed by atoms with Gasteiger partial charge in [-0.05, 0) is 30.7 Å². The Morgan fingerprint density at radius 1 is 1.23 bits per heavy atom. The topological polar surface area (TPSA) is 92.2 Å². The number of alkyl halides is 3. The Hall–Kier alpha value is -2.68. The van der Waals surface area contributed by atoms with Crippen molar-refractivity contribution in [2.75, 3.05) is 0 Å². The van der Waals surface area contributed by atoms with E-state index in [0.717, 1.165) is 6.07 Å². The number of carboxylic acids is 1. The Balaban J connectivity index is 2.31. The molecule has 1 aromatic carbocycles. The predicted molar refractivity (Wildman–Crippen MR) is 85.7 cm³/mol. The Kier molecular flexibility index (Phi) is 5.81. The number of halogens is 4. The van der Waals surface area contributed by atoms with Gasteiger partial charge < -0.3 is 10.4 Å². The molecule has 0 aliphatic heterocycles. The monoisotopic (exact) mass is 387 g/mol. The summed E-state index contributed by atoms with van der Waals surface area (Å²) in [6, 6.07) is 6.17. The highest BCUT2D eigenvalue weighted by molar-refractivity contribution is 6.30. The van der Waals surface area contributed by atoms with Crippen molar-refractivity contribution < 1.29 is 27.9 Å². The van der Waals surface area contributed by atoms with E-state index in [-0.39, 0.29) is 5.69 Å². The van der Waals surface area contributed by atoms with Crippen LogP contribution in [0.3, 0.4) is 0 Å². The second kappa shape index (κ2) is 7.69. The molecule has 2 N–H and O–H groups in total. The second-order valence-corrected chi connectivity index (χ2v) is 5.83. The van der Waals surface area contributed by atoms with Crippen molar-refractivity contribution in [1.82, 2.24) is 15.3 Å². The van der Waals surface area contributed by atoms with Crippen LogP contribution in [0, 0.1) is 6.92 Å². The number of nitrogens with one attached hydrogen (secondary N) is 1. The molecule has 26 heavy (non-hydrogen) atoms. The maximum atomic E-state index is 12.8. The Morgan fingerprint density at radius 3 is 2.38 bits per heavy atom. The lowest BCUT2D eigenvalue weighted by molar-refractivity contribution is -0.145. The van der Waals surface area contributed by atoms with E-state index in [9.17, 15) is 22.8 Å². The molecule has 0 bridgehead atoms. The number of carbonyl (C=O) groups is 2. The lowest BCUT2D eigenvalue weighted by Gasteiger charge is -2.18. The fourth-order valence-corrected chi connectivity index (χ4v) is 2.29. The standard InChI is InChI=1S/C16H13ClF3N3O3/c1-8-6-12(23-15(21-8)16(18,19)20)14(26)22-11(7-13(24)25)9-2-4-10(17)5-3-9/h2-6,11H,7H2,1H3,(H,22,26)(H,24,25)/t11-/m0/s1. The number of aliphatic carboxylic acids is 1. The summed E-state index contributed by atoms with van der Waals surface area (Å²) in [6.45, 7) is 1.29. The third kappa shape index (κ3) is 5.16. The number of hydrogen-bond acceptors (Lipinski definition) is 4. The molecule has 0 aliphatic rings. The quantitative estimate of drug-likeness (QED) is 0.820. The molecule has 0 fully saturated rings. The molecule has 6 nitrogen and oxygen atoms in total. The van der Waals surface area contributed by atoms with Gasteiger partial charge in [0.1, 0.15) is 5.69 Å². The van der Waals surface area contributed by atoms with Gasteiger partial charge in [-0.1, -0.05) is 23.7 Å². The van der Waals surface area contributed by atoms with Gasteiger partial charge in [0.15, 0.2) is 0 Å². The van der Waals surface area contributed by atoms with Crippen molar-refractivity contribution in [3.05, 3.63) is 58.1 Å². The summed E-state index contributed by atoms with van der Waals surface area (Å²) in [5.74, 6) is -3.58. The molecule has 138 valence electrons. The van der Waals surface area contributed by atoms with Gasteiger partial charge in [-0.15, -0.1) is 0 Å². The van der Waals surface area contributed by atoms with Crippen LogP contribution in [0.4, 0.5) is 13.2 Å². The number of benzene rings is 1. The van der Waals surface area contributed by atoms with Crippen molar-refractivity contribution in [2.24, 2.45) is 0 Å². The minimum Gasteiger partial charge on any atom is -0.481 e. The number of carbonyl (C=O) groups excluding carboxylic acids is 1. The molecule has 1 aromatic heterocycles. The van der Waals surface area contributed by atoms with Crippen LogP contribution in [0.2, 0.25) is 5.02 Å². The molecule has 0 radical (unpaired) electrons. The highest BCUT2D eigenvalue weighted by Gasteiger charge is 2.35. The minimum absolute atomic E-state index is 0.0428. The smallest absolute Gasteiger partial charge is 0.451 e. The molecule has 0 aliphatic carbocycles. The van der Waals surface area contributed by atoms with E-state index in [2.05, 4.69) is 15.3 Å². The van der Waals surface area contributed by atoms with Gasteiger partial charge in [-0.25, -0.2) is 9.97 Å². The zero-order chi connectivity index (χ0) is 19.5. The highest BCUT2D eigenvalue weighted by Crippen LogP contribution is 2.26. The van der Waals surface area contributed by atoms with Crippen LogP contribution in [-0.4, -0.2) is 27.0 Å². The van der Waals surface area contributed by atoms with Crippen LogP contribution in [0.5, 0.6) is 0 Å². The maximum absolute atomic E-state index is 12.8. The molecule has 1 heterocycles. The largest absolute Gasteiger partial charge is 0.481 e. The Labute approximate surface area is 151 Å². The summed E-state index contributed by atoms with van der Waals surface area (Å²) in [5, 5.41) is 11.8. The van der Waals surface area contributed by atoms with Gasteiger partial charge in [0.2, 0.25) is 5.82 Å². The van der Waals surface area contributed by atoms with E-state index in [1.165, 1.54) is 31.2 Å². The maximum Gasteiger partial charge on any atom is 0.451 e. The molecular weight excluding hydrogens is 375 g/mol.